The van der Waals surface area contributed by atoms with Crippen molar-refractivity contribution in [2.75, 3.05) is 6.61 Å². The molecule has 0 aliphatic carbocycles. The predicted molar refractivity (Wildman–Crippen MR) is 67.4 cm³/mol. The number of nitrogens with two attached hydrogens (primary N) is 1. The molecule has 0 radical (unpaired) electrons. The Morgan fingerprint density at radius 2 is 2.06 bits per heavy atom. The van der Waals surface area contributed by atoms with Crippen LogP contribution in [0.4, 0.5) is 0 Å². The molecule has 0 aliphatic rings. The third kappa shape index (κ3) is 4.37. The summed E-state index contributed by atoms with van der Waals surface area (Å²) in [5.74, 6) is 3.41. The minimum Gasteiger partial charge on any atom is -0.493 e. The van der Waals surface area contributed by atoms with E-state index in [1.54, 1.807) is 0 Å². The van der Waals surface area contributed by atoms with Crippen LogP contribution >= 0.6 is 0 Å². The molecule has 0 saturated carbocycles. The van der Waals surface area contributed by atoms with Crippen LogP contribution in [0, 0.1) is 12.3 Å². The van der Waals surface area contributed by atoms with Crippen LogP contribution in [-0.4, -0.2) is 12.6 Å². The molecule has 1 aromatic carbocycles. The fourth-order valence-electron chi connectivity index (χ4n) is 1.40. The van der Waals surface area contributed by atoms with E-state index in [4.69, 9.17) is 16.9 Å². The van der Waals surface area contributed by atoms with E-state index in [-0.39, 0.29) is 6.04 Å². The Hall–Kier alpha value is -1.46. The summed E-state index contributed by atoms with van der Waals surface area (Å²) >= 11 is 0. The van der Waals surface area contributed by atoms with Crippen molar-refractivity contribution in [1.82, 2.24) is 0 Å². The zero-order chi connectivity index (χ0) is 11.8. The lowest BCUT2D eigenvalue weighted by molar-refractivity contribution is 0.327. The van der Waals surface area contributed by atoms with Gasteiger partial charge in [0.2, 0.25) is 0 Å². The molecular weight excluding hydrogens is 198 g/mol. The van der Waals surface area contributed by atoms with Crippen LogP contribution in [0.2, 0.25) is 0 Å². The first-order valence-corrected chi connectivity index (χ1v) is 5.67. The van der Waals surface area contributed by atoms with E-state index in [1.807, 2.05) is 12.1 Å². The third-order valence-corrected chi connectivity index (χ3v) is 2.46. The van der Waals surface area contributed by atoms with Crippen molar-refractivity contribution in [3.8, 4) is 18.1 Å². The summed E-state index contributed by atoms with van der Waals surface area (Å²) in [7, 11) is 0. The maximum atomic E-state index is 5.89. The van der Waals surface area contributed by atoms with Crippen molar-refractivity contribution >= 4 is 0 Å². The first-order valence-electron chi connectivity index (χ1n) is 5.67. The van der Waals surface area contributed by atoms with Gasteiger partial charge in [-0.3, -0.25) is 0 Å². The molecule has 16 heavy (non-hydrogen) atoms. The molecule has 2 nitrogen and oxygen atoms in total. The first-order chi connectivity index (χ1) is 7.76. The third-order valence-electron chi connectivity index (χ3n) is 2.46. The van der Waals surface area contributed by atoms with Gasteiger partial charge < -0.3 is 10.5 Å². The standard InChI is InChI=1S/C14H19NO/c1-3-5-10-16-14-8-6-12(7-9-14)11-13(15)4-2/h1,6-9,13H,4-5,10-11,15H2,2H3. The summed E-state index contributed by atoms with van der Waals surface area (Å²) in [6.07, 6.45) is 7.70. The van der Waals surface area contributed by atoms with Gasteiger partial charge in [-0.2, -0.15) is 0 Å². The van der Waals surface area contributed by atoms with Gasteiger partial charge in [0.05, 0.1) is 6.61 Å². The normalized spacial score (nSPS) is 11.8. The fourth-order valence-corrected chi connectivity index (χ4v) is 1.40. The lowest BCUT2D eigenvalue weighted by atomic mass is 10.0. The minimum absolute atomic E-state index is 0.244. The Balaban J connectivity index is 2.45. The maximum absolute atomic E-state index is 5.89. The molecule has 2 heteroatoms. The molecule has 86 valence electrons. The smallest absolute Gasteiger partial charge is 0.119 e. The van der Waals surface area contributed by atoms with E-state index in [9.17, 15) is 0 Å². The second-order valence-electron chi connectivity index (χ2n) is 3.82. The summed E-state index contributed by atoms with van der Waals surface area (Å²) in [6.45, 7) is 2.67. The van der Waals surface area contributed by atoms with Gasteiger partial charge in [-0.05, 0) is 30.5 Å². The molecule has 0 spiro atoms. The van der Waals surface area contributed by atoms with Gasteiger partial charge in [-0.25, -0.2) is 0 Å². The van der Waals surface area contributed by atoms with Crippen molar-refractivity contribution in [3.63, 3.8) is 0 Å². The highest BCUT2D eigenvalue weighted by Gasteiger charge is 2.01. The summed E-state index contributed by atoms with van der Waals surface area (Å²) in [5, 5.41) is 0. The first kappa shape index (κ1) is 12.6. The largest absolute Gasteiger partial charge is 0.493 e. The summed E-state index contributed by atoms with van der Waals surface area (Å²) in [5.41, 5.74) is 7.14. The van der Waals surface area contributed by atoms with Crippen LogP contribution in [0.1, 0.15) is 25.3 Å². The molecule has 1 aromatic rings. The fraction of sp³-hybridized carbons (Fsp3) is 0.429. The average molecular weight is 217 g/mol. The van der Waals surface area contributed by atoms with Crippen LogP contribution in [0.5, 0.6) is 5.75 Å². The lowest BCUT2D eigenvalue weighted by Gasteiger charge is -2.09. The Labute approximate surface area is 97.8 Å². The second-order valence-corrected chi connectivity index (χ2v) is 3.82. The molecular formula is C14H19NO. The summed E-state index contributed by atoms with van der Waals surface area (Å²) < 4.78 is 5.46. The van der Waals surface area contributed by atoms with Crippen molar-refractivity contribution in [2.24, 2.45) is 5.73 Å². The van der Waals surface area contributed by atoms with Gasteiger partial charge in [0.25, 0.3) is 0 Å². The van der Waals surface area contributed by atoms with Gasteiger partial charge in [-0.1, -0.05) is 19.1 Å². The highest BCUT2D eigenvalue weighted by Crippen LogP contribution is 2.13. The Kier molecular flexibility index (Phi) is 5.45. The van der Waals surface area contributed by atoms with Gasteiger partial charge in [-0.15, -0.1) is 12.3 Å². The molecule has 0 heterocycles. The lowest BCUT2D eigenvalue weighted by Crippen LogP contribution is -2.21. The van der Waals surface area contributed by atoms with Crippen molar-refractivity contribution in [3.05, 3.63) is 29.8 Å². The van der Waals surface area contributed by atoms with Crippen molar-refractivity contribution < 1.29 is 4.74 Å². The van der Waals surface area contributed by atoms with Crippen molar-refractivity contribution in [2.45, 2.75) is 32.2 Å². The number of rotatable bonds is 6. The van der Waals surface area contributed by atoms with Crippen molar-refractivity contribution in [1.29, 1.82) is 0 Å². The predicted octanol–water partition coefficient (Wildman–Crippen LogP) is 2.37. The molecule has 1 rings (SSSR count). The van der Waals surface area contributed by atoms with Crippen LogP contribution in [0.15, 0.2) is 24.3 Å². The average Bonchev–Trinajstić information content (AvgIpc) is 2.31. The molecule has 0 bridgehead atoms. The van der Waals surface area contributed by atoms with E-state index in [0.29, 0.717) is 13.0 Å². The number of hydrogen-bond donors (Lipinski definition) is 1. The van der Waals surface area contributed by atoms with Crippen LogP contribution in [0.25, 0.3) is 0 Å². The molecule has 2 N–H and O–H groups in total. The maximum Gasteiger partial charge on any atom is 0.119 e. The molecule has 1 unspecified atom stereocenters. The molecule has 1 atom stereocenters. The molecule has 0 saturated heterocycles. The summed E-state index contributed by atoms with van der Waals surface area (Å²) in [4.78, 5) is 0. The van der Waals surface area contributed by atoms with E-state index >= 15 is 0 Å². The van der Waals surface area contributed by atoms with Crippen LogP contribution in [0.3, 0.4) is 0 Å². The number of terminal acetylenes is 1. The Morgan fingerprint density at radius 3 is 2.62 bits per heavy atom. The van der Waals surface area contributed by atoms with Gasteiger partial charge in [0, 0.05) is 12.5 Å². The highest BCUT2D eigenvalue weighted by atomic mass is 16.5. The minimum atomic E-state index is 0.244. The zero-order valence-corrected chi connectivity index (χ0v) is 9.78. The monoisotopic (exact) mass is 217 g/mol. The van der Waals surface area contributed by atoms with Gasteiger partial charge in [0.1, 0.15) is 5.75 Å². The van der Waals surface area contributed by atoms with Gasteiger partial charge in [0.15, 0.2) is 0 Å². The molecule has 0 aromatic heterocycles. The Bertz CT molecular complexity index is 337. The van der Waals surface area contributed by atoms with Crippen LogP contribution in [-0.2, 0) is 6.42 Å². The number of hydrogen-bond acceptors (Lipinski definition) is 2. The quantitative estimate of drug-likeness (QED) is 0.586. The van der Waals surface area contributed by atoms with E-state index in [2.05, 4.69) is 25.0 Å². The topological polar surface area (TPSA) is 35.2 Å². The van der Waals surface area contributed by atoms with Crippen LogP contribution < -0.4 is 10.5 Å². The molecule has 0 amide bonds. The summed E-state index contributed by atoms with van der Waals surface area (Å²) in [6, 6.07) is 8.29. The second kappa shape index (κ2) is 6.92. The number of benzene rings is 1. The number of ether oxygens (including phenoxy) is 1. The zero-order valence-electron chi connectivity index (χ0n) is 9.78. The van der Waals surface area contributed by atoms with E-state index in [0.717, 1.165) is 18.6 Å². The molecule has 0 fully saturated rings. The highest BCUT2D eigenvalue weighted by molar-refractivity contribution is 5.27. The van der Waals surface area contributed by atoms with Gasteiger partial charge >= 0.3 is 0 Å². The van der Waals surface area contributed by atoms with E-state index in [1.165, 1.54) is 5.56 Å². The SMILES string of the molecule is C#CCCOc1ccc(CC(N)CC)cc1. The Morgan fingerprint density at radius 1 is 1.38 bits per heavy atom. The molecule has 0 aliphatic heterocycles. The van der Waals surface area contributed by atoms with E-state index < -0.39 is 0 Å².